The smallest absolute Gasteiger partial charge is 0.297 e. The lowest BCUT2D eigenvalue weighted by Crippen LogP contribution is -2.14. The minimum atomic E-state index is -4.48. The van der Waals surface area contributed by atoms with E-state index in [1.165, 1.54) is 0 Å². The molecule has 0 aliphatic rings. The third kappa shape index (κ3) is 3.67. The Morgan fingerprint density at radius 1 is 1.16 bits per heavy atom. The molecule has 0 unspecified atom stereocenters. The molecular formula is C13H11F3N2O. The third-order valence-electron chi connectivity index (χ3n) is 2.51. The molecule has 0 saturated heterocycles. The molecule has 100 valence electrons. The van der Waals surface area contributed by atoms with Gasteiger partial charge in [-0.05, 0) is 11.6 Å². The van der Waals surface area contributed by atoms with Crippen LogP contribution in [0, 0.1) is 0 Å². The van der Waals surface area contributed by atoms with E-state index in [1.54, 1.807) is 24.3 Å². The lowest BCUT2D eigenvalue weighted by molar-refractivity contribution is -0.141. The molecule has 0 bridgehead atoms. The van der Waals surface area contributed by atoms with Crippen LogP contribution in [0.2, 0.25) is 0 Å². The fraction of sp³-hybridized carbons (Fsp3) is 0.231. The first-order chi connectivity index (χ1) is 8.95. The van der Waals surface area contributed by atoms with Crippen LogP contribution in [0.1, 0.15) is 11.3 Å². The van der Waals surface area contributed by atoms with E-state index in [-0.39, 0.29) is 18.7 Å². The molecule has 0 N–H and O–H groups in total. The average molecular weight is 268 g/mol. The summed E-state index contributed by atoms with van der Waals surface area (Å²) in [6.45, 7) is -0.162. The fourth-order valence-electron chi connectivity index (χ4n) is 1.66. The predicted molar refractivity (Wildman–Crippen MR) is 62.4 cm³/mol. The molecule has 2 rings (SSSR count). The van der Waals surface area contributed by atoms with Gasteiger partial charge in [-0.3, -0.25) is 9.48 Å². The van der Waals surface area contributed by atoms with Crippen LogP contribution >= 0.6 is 0 Å². The molecular weight excluding hydrogens is 257 g/mol. The SMILES string of the molecule is O=C(Cc1ccccc1)Cn1ccc(C(F)(F)F)n1. The van der Waals surface area contributed by atoms with Crippen molar-refractivity contribution < 1.29 is 18.0 Å². The summed E-state index contributed by atoms with van der Waals surface area (Å²) >= 11 is 0. The molecule has 0 atom stereocenters. The van der Waals surface area contributed by atoms with Gasteiger partial charge in [-0.2, -0.15) is 18.3 Å². The van der Waals surface area contributed by atoms with E-state index in [0.717, 1.165) is 22.5 Å². The van der Waals surface area contributed by atoms with Crippen LogP contribution in [0.5, 0.6) is 0 Å². The molecule has 1 heterocycles. The van der Waals surface area contributed by atoms with Crippen molar-refractivity contribution >= 4 is 5.78 Å². The molecule has 0 spiro atoms. The Kier molecular flexibility index (Phi) is 3.69. The van der Waals surface area contributed by atoms with Crippen molar-refractivity contribution in [3.05, 3.63) is 53.9 Å². The van der Waals surface area contributed by atoms with Gasteiger partial charge in [0.1, 0.15) is 0 Å². The van der Waals surface area contributed by atoms with Crippen LogP contribution in [0.3, 0.4) is 0 Å². The van der Waals surface area contributed by atoms with Gasteiger partial charge in [-0.15, -0.1) is 0 Å². The summed E-state index contributed by atoms with van der Waals surface area (Å²) in [6, 6.07) is 9.88. The summed E-state index contributed by atoms with van der Waals surface area (Å²) in [6.07, 6.45) is -3.14. The Bertz CT molecular complexity index is 561. The van der Waals surface area contributed by atoms with Gasteiger partial charge in [-0.1, -0.05) is 30.3 Å². The summed E-state index contributed by atoms with van der Waals surface area (Å²) in [4.78, 5) is 11.7. The molecule has 0 radical (unpaired) electrons. The number of aromatic nitrogens is 2. The lowest BCUT2D eigenvalue weighted by Gasteiger charge is -2.03. The maximum absolute atomic E-state index is 12.3. The standard InChI is InChI=1S/C13H11F3N2O/c14-13(15,16)12-6-7-18(17-12)9-11(19)8-10-4-2-1-3-5-10/h1-7H,8-9H2. The first kappa shape index (κ1) is 13.3. The summed E-state index contributed by atoms with van der Waals surface area (Å²) in [5.74, 6) is -0.192. The molecule has 6 heteroatoms. The average Bonchev–Trinajstić information content (AvgIpc) is 2.78. The van der Waals surface area contributed by atoms with E-state index < -0.39 is 11.9 Å². The molecule has 0 aliphatic heterocycles. The van der Waals surface area contributed by atoms with Gasteiger partial charge in [0.15, 0.2) is 11.5 Å². The Balaban J connectivity index is 1.98. The number of benzene rings is 1. The van der Waals surface area contributed by atoms with Crippen molar-refractivity contribution in [2.24, 2.45) is 0 Å². The van der Waals surface area contributed by atoms with Crippen LogP contribution in [0.4, 0.5) is 13.2 Å². The molecule has 0 aliphatic carbocycles. The molecule has 0 amide bonds. The Morgan fingerprint density at radius 2 is 1.84 bits per heavy atom. The minimum Gasteiger partial charge on any atom is -0.297 e. The topological polar surface area (TPSA) is 34.9 Å². The number of hydrogen-bond acceptors (Lipinski definition) is 2. The van der Waals surface area contributed by atoms with Crippen LogP contribution in [-0.4, -0.2) is 15.6 Å². The van der Waals surface area contributed by atoms with Crippen LogP contribution in [-0.2, 0) is 23.9 Å². The summed E-state index contributed by atoms with van der Waals surface area (Å²) < 4.78 is 38.0. The van der Waals surface area contributed by atoms with Crippen LogP contribution in [0.15, 0.2) is 42.6 Å². The highest BCUT2D eigenvalue weighted by atomic mass is 19.4. The van der Waals surface area contributed by atoms with E-state index in [1.807, 2.05) is 6.07 Å². The number of rotatable bonds is 4. The number of halogens is 3. The second kappa shape index (κ2) is 5.26. The first-order valence-electron chi connectivity index (χ1n) is 5.61. The Morgan fingerprint density at radius 3 is 2.42 bits per heavy atom. The molecule has 2 aromatic rings. The van der Waals surface area contributed by atoms with E-state index in [4.69, 9.17) is 0 Å². The van der Waals surface area contributed by atoms with E-state index >= 15 is 0 Å². The lowest BCUT2D eigenvalue weighted by atomic mass is 10.1. The predicted octanol–water partition coefficient (Wildman–Crippen LogP) is 2.71. The van der Waals surface area contributed by atoms with Crippen molar-refractivity contribution in [1.29, 1.82) is 0 Å². The van der Waals surface area contributed by atoms with Crippen molar-refractivity contribution in [3.8, 4) is 0 Å². The number of hydrogen-bond donors (Lipinski definition) is 0. The van der Waals surface area contributed by atoms with Crippen molar-refractivity contribution in [2.75, 3.05) is 0 Å². The van der Waals surface area contributed by atoms with Gasteiger partial charge in [0.05, 0.1) is 6.54 Å². The van der Waals surface area contributed by atoms with Gasteiger partial charge in [0.25, 0.3) is 0 Å². The number of alkyl halides is 3. The molecule has 0 fully saturated rings. The monoisotopic (exact) mass is 268 g/mol. The summed E-state index contributed by atoms with van der Waals surface area (Å²) in [5.41, 5.74) is -0.157. The Labute approximate surface area is 107 Å². The normalized spacial score (nSPS) is 11.5. The van der Waals surface area contributed by atoms with E-state index in [2.05, 4.69) is 5.10 Å². The van der Waals surface area contributed by atoms with Gasteiger partial charge in [0, 0.05) is 12.6 Å². The number of carbonyl (C=O) groups is 1. The number of ketones is 1. The van der Waals surface area contributed by atoms with E-state index in [9.17, 15) is 18.0 Å². The zero-order valence-corrected chi connectivity index (χ0v) is 9.89. The number of nitrogens with zero attached hydrogens (tertiary/aromatic N) is 2. The molecule has 0 saturated carbocycles. The van der Waals surface area contributed by atoms with E-state index in [0.29, 0.717) is 0 Å². The molecule has 3 nitrogen and oxygen atoms in total. The zero-order valence-electron chi connectivity index (χ0n) is 9.89. The summed E-state index contributed by atoms with van der Waals surface area (Å²) in [7, 11) is 0. The Hall–Kier alpha value is -2.11. The third-order valence-corrected chi connectivity index (χ3v) is 2.51. The highest BCUT2D eigenvalue weighted by Crippen LogP contribution is 2.27. The van der Waals surface area contributed by atoms with Gasteiger partial charge < -0.3 is 0 Å². The number of carbonyl (C=O) groups excluding carboxylic acids is 1. The number of Topliss-reactive ketones (excluding diaryl/α,β-unsaturated/α-hetero) is 1. The minimum absolute atomic E-state index is 0.162. The fourth-order valence-corrected chi connectivity index (χ4v) is 1.66. The van der Waals surface area contributed by atoms with Gasteiger partial charge in [-0.25, -0.2) is 0 Å². The zero-order chi connectivity index (χ0) is 13.9. The highest BCUT2D eigenvalue weighted by Gasteiger charge is 2.33. The van der Waals surface area contributed by atoms with Crippen molar-refractivity contribution in [3.63, 3.8) is 0 Å². The van der Waals surface area contributed by atoms with Crippen molar-refractivity contribution in [2.45, 2.75) is 19.1 Å². The second-order valence-electron chi connectivity index (χ2n) is 4.10. The van der Waals surface area contributed by atoms with Crippen LogP contribution < -0.4 is 0 Å². The first-order valence-corrected chi connectivity index (χ1v) is 5.61. The highest BCUT2D eigenvalue weighted by molar-refractivity contribution is 5.80. The maximum Gasteiger partial charge on any atom is 0.435 e. The molecule has 1 aromatic heterocycles. The van der Waals surface area contributed by atoms with Gasteiger partial charge in [0.2, 0.25) is 0 Å². The second-order valence-corrected chi connectivity index (χ2v) is 4.10. The molecule has 19 heavy (non-hydrogen) atoms. The maximum atomic E-state index is 12.3. The molecule has 1 aromatic carbocycles. The van der Waals surface area contributed by atoms with Gasteiger partial charge >= 0.3 is 6.18 Å². The van der Waals surface area contributed by atoms with Crippen LogP contribution in [0.25, 0.3) is 0 Å². The summed E-state index contributed by atoms with van der Waals surface area (Å²) in [5, 5.41) is 3.33. The van der Waals surface area contributed by atoms with Crippen molar-refractivity contribution in [1.82, 2.24) is 9.78 Å². The largest absolute Gasteiger partial charge is 0.435 e. The quantitative estimate of drug-likeness (QED) is 0.854.